The Kier molecular flexibility index (Phi) is 7.62. The fourth-order valence-electron chi connectivity index (χ4n) is 3.93. The summed E-state index contributed by atoms with van der Waals surface area (Å²) in [4.78, 5) is 23.9. The Morgan fingerprint density at radius 2 is 1.79 bits per heavy atom. The lowest BCUT2D eigenvalue weighted by Gasteiger charge is -2.31. The van der Waals surface area contributed by atoms with Crippen molar-refractivity contribution < 1.29 is 13.9 Å². The fraction of sp³-hybridized carbons (Fsp3) is 0.346. The van der Waals surface area contributed by atoms with Crippen LogP contribution in [0.2, 0.25) is 0 Å². The van der Waals surface area contributed by atoms with Gasteiger partial charge in [0, 0.05) is 42.5 Å². The van der Waals surface area contributed by atoms with Crippen molar-refractivity contribution in [3.63, 3.8) is 0 Å². The molecule has 6 nitrogen and oxygen atoms in total. The highest BCUT2D eigenvalue weighted by Gasteiger charge is 2.25. The number of aryl methyl sites for hydroxylation is 1. The molecular formula is C26H29FN4O2. The molecule has 0 atom stereocenters. The SMILES string of the molecule is CCCc1ncc(CN2CCC(C(=O)Nc3ccc(Oc4ccccc4F)cc3)CC2)cn1. The third kappa shape index (κ3) is 6.35. The molecule has 1 N–H and O–H groups in total. The second-order valence-corrected chi connectivity index (χ2v) is 8.35. The zero-order valence-corrected chi connectivity index (χ0v) is 18.8. The van der Waals surface area contributed by atoms with Gasteiger partial charge in [-0.3, -0.25) is 9.69 Å². The summed E-state index contributed by atoms with van der Waals surface area (Å²) >= 11 is 0. The van der Waals surface area contributed by atoms with Crippen LogP contribution >= 0.6 is 0 Å². The summed E-state index contributed by atoms with van der Waals surface area (Å²) < 4.78 is 19.3. The van der Waals surface area contributed by atoms with Gasteiger partial charge in [-0.05, 0) is 68.8 Å². The van der Waals surface area contributed by atoms with E-state index < -0.39 is 5.82 Å². The van der Waals surface area contributed by atoms with Crippen LogP contribution in [0.4, 0.5) is 10.1 Å². The van der Waals surface area contributed by atoms with E-state index in [0.29, 0.717) is 11.4 Å². The minimum Gasteiger partial charge on any atom is -0.454 e. The predicted octanol–water partition coefficient (Wildman–Crippen LogP) is 5.21. The summed E-state index contributed by atoms with van der Waals surface area (Å²) in [5.41, 5.74) is 1.81. The first-order chi connectivity index (χ1) is 16.1. The van der Waals surface area contributed by atoms with E-state index in [9.17, 15) is 9.18 Å². The Labute approximate surface area is 193 Å². The van der Waals surface area contributed by atoms with E-state index in [2.05, 4.69) is 27.1 Å². The van der Waals surface area contributed by atoms with Gasteiger partial charge in [0.2, 0.25) is 5.91 Å². The standard InChI is InChI=1S/C26H29FN4O2/c1-2-5-25-28-16-19(17-29-25)18-31-14-12-20(13-15-31)26(32)30-21-8-10-22(11-9-21)33-24-7-4-3-6-23(24)27/h3-4,6-11,16-17,20H,2,5,12-15,18H2,1H3,(H,30,32). The molecule has 1 aliphatic rings. The van der Waals surface area contributed by atoms with Crippen LogP contribution in [0.25, 0.3) is 0 Å². The average Bonchev–Trinajstić information content (AvgIpc) is 2.84. The van der Waals surface area contributed by atoms with Gasteiger partial charge in [-0.2, -0.15) is 0 Å². The van der Waals surface area contributed by atoms with Crippen molar-refractivity contribution in [2.75, 3.05) is 18.4 Å². The summed E-state index contributed by atoms with van der Waals surface area (Å²) in [5.74, 6) is 1.18. The molecule has 2 aromatic carbocycles. The summed E-state index contributed by atoms with van der Waals surface area (Å²) in [6.45, 7) is 4.66. The number of amides is 1. The highest BCUT2D eigenvalue weighted by atomic mass is 19.1. The lowest BCUT2D eigenvalue weighted by Crippen LogP contribution is -2.37. The Hall–Kier alpha value is -3.32. The van der Waals surface area contributed by atoms with Gasteiger partial charge in [0.1, 0.15) is 11.6 Å². The number of aromatic nitrogens is 2. The molecule has 0 saturated carbocycles. The molecule has 0 unspecified atom stereocenters. The topological polar surface area (TPSA) is 67.4 Å². The van der Waals surface area contributed by atoms with Crippen LogP contribution < -0.4 is 10.1 Å². The molecule has 7 heteroatoms. The third-order valence-electron chi connectivity index (χ3n) is 5.78. The number of hydrogen-bond donors (Lipinski definition) is 1. The quantitative estimate of drug-likeness (QED) is 0.512. The van der Waals surface area contributed by atoms with Crippen molar-refractivity contribution in [1.29, 1.82) is 0 Å². The minimum atomic E-state index is -0.415. The van der Waals surface area contributed by atoms with E-state index in [1.165, 1.54) is 6.07 Å². The maximum atomic E-state index is 13.7. The lowest BCUT2D eigenvalue weighted by atomic mass is 9.95. The number of anilines is 1. The van der Waals surface area contributed by atoms with Gasteiger partial charge in [0.25, 0.3) is 0 Å². The Morgan fingerprint density at radius 3 is 2.45 bits per heavy atom. The smallest absolute Gasteiger partial charge is 0.227 e. The predicted molar refractivity (Wildman–Crippen MR) is 126 cm³/mol. The molecule has 3 aromatic rings. The normalized spacial score (nSPS) is 14.7. The van der Waals surface area contributed by atoms with E-state index in [1.807, 2.05) is 12.4 Å². The molecule has 4 rings (SSSR count). The first kappa shape index (κ1) is 22.9. The number of piperidine rings is 1. The summed E-state index contributed by atoms with van der Waals surface area (Å²) in [6, 6.07) is 13.2. The second-order valence-electron chi connectivity index (χ2n) is 8.35. The summed E-state index contributed by atoms with van der Waals surface area (Å²) in [5, 5.41) is 2.99. The highest BCUT2D eigenvalue weighted by molar-refractivity contribution is 5.92. The molecule has 0 radical (unpaired) electrons. The van der Waals surface area contributed by atoms with Gasteiger partial charge in [0.15, 0.2) is 11.6 Å². The molecule has 0 bridgehead atoms. The zero-order valence-electron chi connectivity index (χ0n) is 18.8. The number of carbonyl (C=O) groups excluding carboxylic acids is 1. The summed E-state index contributed by atoms with van der Waals surface area (Å²) in [6.07, 6.45) is 7.40. The number of halogens is 1. The molecule has 172 valence electrons. The van der Waals surface area contributed by atoms with E-state index >= 15 is 0 Å². The van der Waals surface area contributed by atoms with E-state index in [4.69, 9.17) is 4.74 Å². The van der Waals surface area contributed by atoms with Crippen LogP contribution in [0.3, 0.4) is 0 Å². The monoisotopic (exact) mass is 448 g/mol. The van der Waals surface area contributed by atoms with E-state index in [0.717, 1.165) is 56.7 Å². The fourth-order valence-corrected chi connectivity index (χ4v) is 3.93. The second kappa shape index (κ2) is 11.0. The number of ether oxygens (including phenoxy) is 1. The molecule has 1 aromatic heterocycles. The minimum absolute atomic E-state index is 0.0150. The van der Waals surface area contributed by atoms with E-state index in [1.54, 1.807) is 42.5 Å². The molecule has 33 heavy (non-hydrogen) atoms. The van der Waals surface area contributed by atoms with E-state index in [-0.39, 0.29) is 17.6 Å². The molecule has 2 heterocycles. The number of para-hydroxylation sites is 1. The molecule has 1 aliphatic heterocycles. The number of hydrogen-bond acceptors (Lipinski definition) is 5. The molecule has 0 aliphatic carbocycles. The van der Waals surface area contributed by atoms with Crippen molar-refractivity contribution in [3.8, 4) is 11.5 Å². The lowest BCUT2D eigenvalue weighted by molar-refractivity contribution is -0.121. The number of nitrogens with one attached hydrogen (secondary N) is 1. The third-order valence-corrected chi connectivity index (χ3v) is 5.78. The Bertz CT molecular complexity index is 1050. The largest absolute Gasteiger partial charge is 0.454 e. The first-order valence-corrected chi connectivity index (χ1v) is 11.5. The number of carbonyl (C=O) groups is 1. The van der Waals surface area contributed by atoms with Crippen LogP contribution in [-0.2, 0) is 17.8 Å². The van der Waals surface area contributed by atoms with Crippen molar-refractivity contribution in [1.82, 2.24) is 14.9 Å². The van der Waals surface area contributed by atoms with Crippen molar-refractivity contribution in [2.45, 2.75) is 39.2 Å². The first-order valence-electron chi connectivity index (χ1n) is 11.5. The maximum absolute atomic E-state index is 13.7. The van der Waals surface area contributed by atoms with Crippen LogP contribution in [-0.4, -0.2) is 33.9 Å². The van der Waals surface area contributed by atoms with Crippen LogP contribution in [0.1, 0.15) is 37.6 Å². The van der Waals surface area contributed by atoms with Gasteiger partial charge in [-0.1, -0.05) is 19.1 Å². The maximum Gasteiger partial charge on any atom is 0.227 e. The molecule has 1 amide bonds. The van der Waals surface area contributed by atoms with Gasteiger partial charge >= 0.3 is 0 Å². The van der Waals surface area contributed by atoms with Crippen LogP contribution in [0.5, 0.6) is 11.5 Å². The number of nitrogens with zero attached hydrogens (tertiary/aromatic N) is 3. The molecule has 0 spiro atoms. The molecule has 1 saturated heterocycles. The summed E-state index contributed by atoms with van der Waals surface area (Å²) in [7, 11) is 0. The average molecular weight is 449 g/mol. The Balaban J connectivity index is 1.24. The zero-order chi connectivity index (χ0) is 23.0. The van der Waals surface area contributed by atoms with Crippen LogP contribution in [0, 0.1) is 11.7 Å². The molecule has 1 fully saturated rings. The highest BCUT2D eigenvalue weighted by Crippen LogP contribution is 2.26. The van der Waals surface area contributed by atoms with Crippen LogP contribution in [0.15, 0.2) is 60.9 Å². The number of benzene rings is 2. The number of rotatable bonds is 8. The van der Waals surface area contributed by atoms with Crippen molar-refractivity contribution in [3.05, 3.63) is 78.1 Å². The van der Waals surface area contributed by atoms with Crippen molar-refractivity contribution in [2.24, 2.45) is 5.92 Å². The van der Waals surface area contributed by atoms with Gasteiger partial charge in [-0.25, -0.2) is 14.4 Å². The van der Waals surface area contributed by atoms with Gasteiger partial charge in [0.05, 0.1) is 0 Å². The number of likely N-dealkylation sites (tertiary alicyclic amines) is 1. The van der Waals surface area contributed by atoms with Crippen molar-refractivity contribution >= 4 is 11.6 Å². The van der Waals surface area contributed by atoms with Gasteiger partial charge in [-0.15, -0.1) is 0 Å². The Morgan fingerprint density at radius 1 is 1.09 bits per heavy atom. The van der Waals surface area contributed by atoms with Gasteiger partial charge < -0.3 is 10.1 Å². The molecular weight excluding hydrogens is 419 g/mol.